The zero-order valence-electron chi connectivity index (χ0n) is 13.6. The first-order valence-corrected chi connectivity index (χ1v) is 6.75. The number of aliphatic imine (C=N–C) groups is 1. The van der Waals surface area contributed by atoms with Crippen LogP contribution < -0.4 is 0 Å². The first kappa shape index (κ1) is 17.4. The Hall–Kier alpha value is -1.69. The number of hydrogen-bond acceptors (Lipinski definition) is 2. The van der Waals surface area contributed by atoms with E-state index >= 15 is 0 Å². The van der Waals surface area contributed by atoms with Gasteiger partial charge in [0.05, 0.1) is 12.6 Å². The Bertz CT molecular complexity index is 468. The minimum atomic E-state index is -0.542. The standard InChI is InChI=1S/C15H24F2N4/c1-19(2)13(10-18-15(20(3)4)21(5)6)14-11(16)8-7-9-12(14)17/h7-9,13H,10H2,1-6H3/t13-/m1/s1. The molecule has 0 aliphatic carbocycles. The zero-order valence-corrected chi connectivity index (χ0v) is 13.6. The summed E-state index contributed by atoms with van der Waals surface area (Å²) in [7, 11) is 11.1. The topological polar surface area (TPSA) is 22.1 Å². The summed E-state index contributed by atoms with van der Waals surface area (Å²) in [6, 6.07) is 3.46. The Morgan fingerprint density at radius 1 is 1.00 bits per heavy atom. The van der Waals surface area contributed by atoms with Gasteiger partial charge in [-0.15, -0.1) is 0 Å². The maximum absolute atomic E-state index is 14.0. The van der Waals surface area contributed by atoms with E-state index in [1.165, 1.54) is 18.2 Å². The van der Waals surface area contributed by atoms with E-state index in [2.05, 4.69) is 4.99 Å². The first-order valence-electron chi connectivity index (χ1n) is 6.75. The van der Waals surface area contributed by atoms with Crippen molar-refractivity contribution in [3.05, 3.63) is 35.4 Å². The van der Waals surface area contributed by atoms with Crippen LogP contribution in [-0.4, -0.2) is 69.5 Å². The van der Waals surface area contributed by atoms with E-state index in [1.807, 2.05) is 38.0 Å². The molecule has 0 aromatic heterocycles. The van der Waals surface area contributed by atoms with Crippen LogP contribution in [-0.2, 0) is 0 Å². The molecular weight excluding hydrogens is 274 g/mol. The summed E-state index contributed by atoms with van der Waals surface area (Å²) in [6.07, 6.45) is 0. The molecule has 1 aromatic carbocycles. The highest BCUT2D eigenvalue weighted by atomic mass is 19.1. The highest BCUT2D eigenvalue weighted by Gasteiger charge is 2.22. The normalized spacial score (nSPS) is 12.2. The number of halogens is 2. The molecule has 1 rings (SSSR count). The maximum Gasteiger partial charge on any atom is 0.195 e. The number of nitrogens with zero attached hydrogens (tertiary/aromatic N) is 4. The Kier molecular flexibility index (Phi) is 6.08. The van der Waals surface area contributed by atoms with Gasteiger partial charge >= 0.3 is 0 Å². The van der Waals surface area contributed by atoms with Gasteiger partial charge in [0.2, 0.25) is 0 Å². The summed E-state index contributed by atoms with van der Waals surface area (Å²) in [4.78, 5) is 10.00. The third-order valence-electron chi connectivity index (χ3n) is 3.16. The molecule has 0 radical (unpaired) electrons. The lowest BCUT2D eigenvalue weighted by molar-refractivity contribution is 0.288. The minimum absolute atomic E-state index is 0.0584. The summed E-state index contributed by atoms with van der Waals surface area (Å²) in [6.45, 7) is 0.274. The summed E-state index contributed by atoms with van der Waals surface area (Å²) in [5.74, 6) is -0.334. The van der Waals surface area contributed by atoms with E-state index < -0.39 is 17.7 Å². The van der Waals surface area contributed by atoms with Gasteiger partial charge in [0.15, 0.2) is 5.96 Å². The molecule has 0 spiro atoms. The molecule has 0 heterocycles. The van der Waals surface area contributed by atoms with E-state index in [0.717, 1.165) is 5.96 Å². The lowest BCUT2D eigenvalue weighted by Crippen LogP contribution is -2.36. The SMILES string of the molecule is CN(C)C(=NC[C@H](c1c(F)cccc1F)N(C)C)N(C)C. The van der Waals surface area contributed by atoms with Crippen molar-refractivity contribution in [3.63, 3.8) is 0 Å². The number of benzene rings is 1. The molecule has 0 saturated carbocycles. The van der Waals surface area contributed by atoms with Crippen LogP contribution in [0.3, 0.4) is 0 Å². The van der Waals surface area contributed by atoms with E-state index in [4.69, 9.17) is 0 Å². The number of hydrogen-bond donors (Lipinski definition) is 0. The average molecular weight is 298 g/mol. The quantitative estimate of drug-likeness (QED) is 0.627. The highest BCUT2D eigenvalue weighted by Crippen LogP contribution is 2.24. The van der Waals surface area contributed by atoms with Crippen molar-refractivity contribution in [1.29, 1.82) is 0 Å². The van der Waals surface area contributed by atoms with Gasteiger partial charge in [-0.25, -0.2) is 8.78 Å². The van der Waals surface area contributed by atoms with Gasteiger partial charge in [-0.1, -0.05) is 6.07 Å². The van der Waals surface area contributed by atoms with Crippen molar-refractivity contribution in [2.75, 3.05) is 48.8 Å². The van der Waals surface area contributed by atoms with Crippen LogP contribution in [0.4, 0.5) is 8.78 Å². The third kappa shape index (κ3) is 4.39. The molecule has 4 nitrogen and oxygen atoms in total. The molecule has 6 heteroatoms. The fraction of sp³-hybridized carbons (Fsp3) is 0.533. The van der Waals surface area contributed by atoms with Crippen LogP contribution in [0.25, 0.3) is 0 Å². The molecule has 0 aliphatic rings. The number of likely N-dealkylation sites (N-methyl/N-ethyl adjacent to an activating group) is 1. The summed E-state index contributed by atoms with van der Waals surface area (Å²) < 4.78 is 27.9. The molecule has 21 heavy (non-hydrogen) atoms. The fourth-order valence-electron chi connectivity index (χ4n) is 2.19. The summed E-state index contributed by atoms with van der Waals surface area (Å²) in [5, 5.41) is 0. The molecule has 0 amide bonds. The van der Waals surface area contributed by atoms with E-state index in [1.54, 1.807) is 19.0 Å². The maximum atomic E-state index is 14.0. The van der Waals surface area contributed by atoms with Crippen molar-refractivity contribution in [3.8, 4) is 0 Å². The second-order valence-electron chi connectivity index (χ2n) is 5.54. The molecule has 0 fully saturated rings. The number of rotatable bonds is 4. The molecule has 1 atom stereocenters. The van der Waals surface area contributed by atoms with Gasteiger partial charge in [0.25, 0.3) is 0 Å². The predicted molar refractivity (Wildman–Crippen MR) is 82.5 cm³/mol. The Morgan fingerprint density at radius 3 is 1.86 bits per heavy atom. The Morgan fingerprint density at radius 2 is 1.48 bits per heavy atom. The van der Waals surface area contributed by atoms with Gasteiger partial charge in [-0.05, 0) is 26.2 Å². The first-order chi connectivity index (χ1) is 9.75. The second-order valence-corrected chi connectivity index (χ2v) is 5.54. The Labute approximate surface area is 125 Å². The molecule has 0 bridgehead atoms. The predicted octanol–water partition coefficient (Wildman–Crippen LogP) is 2.05. The highest BCUT2D eigenvalue weighted by molar-refractivity contribution is 5.79. The lowest BCUT2D eigenvalue weighted by atomic mass is 10.0. The molecule has 0 unspecified atom stereocenters. The monoisotopic (exact) mass is 298 g/mol. The molecule has 1 aromatic rings. The molecule has 0 N–H and O–H groups in total. The van der Waals surface area contributed by atoms with Gasteiger partial charge in [0, 0.05) is 33.8 Å². The summed E-state index contributed by atoms with van der Waals surface area (Å²) >= 11 is 0. The van der Waals surface area contributed by atoms with Gasteiger partial charge < -0.3 is 14.7 Å². The van der Waals surface area contributed by atoms with Gasteiger partial charge in [-0.2, -0.15) is 0 Å². The van der Waals surface area contributed by atoms with Crippen LogP contribution in [0.2, 0.25) is 0 Å². The van der Waals surface area contributed by atoms with Crippen LogP contribution in [0, 0.1) is 11.6 Å². The van der Waals surface area contributed by atoms with Crippen LogP contribution in [0.15, 0.2) is 23.2 Å². The van der Waals surface area contributed by atoms with Crippen molar-refractivity contribution in [2.45, 2.75) is 6.04 Å². The molecule has 0 saturated heterocycles. The summed E-state index contributed by atoms with van der Waals surface area (Å²) in [5.41, 5.74) is 0.0584. The lowest BCUT2D eigenvalue weighted by Gasteiger charge is -2.27. The minimum Gasteiger partial charge on any atom is -0.349 e. The molecule has 118 valence electrons. The van der Waals surface area contributed by atoms with Crippen molar-refractivity contribution in [1.82, 2.24) is 14.7 Å². The van der Waals surface area contributed by atoms with Crippen LogP contribution >= 0.6 is 0 Å². The van der Waals surface area contributed by atoms with E-state index in [0.29, 0.717) is 0 Å². The van der Waals surface area contributed by atoms with Crippen LogP contribution in [0.1, 0.15) is 11.6 Å². The van der Waals surface area contributed by atoms with Crippen LogP contribution in [0.5, 0.6) is 0 Å². The van der Waals surface area contributed by atoms with E-state index in [-0.39, 0.29) is 12.1 Å². The third-order valence-corrected chi connectivity index (χ3v) is 3.16. The zero-order chi connectivity index (χ0) is 16.2. The molecular formula is C15H24F2N4. The fourth-order valence-corrected chi connectivity index (χ4v) is 2.19. The smallest absolute Gasteiger partial charge is 0.195 e. The van der Waals surface area contributed by atoms with Gasteiger partial charge in [0.1, 0.15) is 11.6 Å². The largest absolute Gasteiger partial charge is 0.349 e. The second kappa shape index (κ2) is 7.36. The molecule has 0 aliphatic heterocycles. The number of guanidine groups is 1. The average Bonchev–Trinajstić information content (AvgIpc) is 2.35. The van der Waals surface area contributed by atoms with Crippen molar-refractivity contribution < 1.29 is 8.78 Å². The van der Waals surface area contributed by atoms with Crippen molar-refractivity contribution in [2.24, 2.45) is 4.99 Å². The van der Waals surface area contributed by atoms with Gasteiger partial charge in [-0.3, -0.25) is 4.99 Å². The Balaban J connectivity index is 3.12. The van der Waals surface area contributed by atoms with Crippen molar-refractivity contribution >= 4 is 5.96 Å². The van der Waals surface area contributed by atoms with E-state index in [9.17, 15) is 8.78 Å².